The van der Waals surface area contributed by atoms with Crippen LogP contribution >= 0.6 is 0 Å². The summed E-state index contributed by atoms with van der Waals surface area (Å²) in [6.45, 7) is 1.95. The van der Waals surface area contributed by atoms with Crippen molar-refractivity contribution >= 4 is 22.6 Å². The van der Waals surface area contributed by atoms with E-state index in [1.54, 1.807) is 24.4 Å². The van der Waals surface area contributed by atoms with Gasteiger partial charge < -0.3 is 4.98 Å². The zero-order valence-corrected chi connectivity index (χ0v) is 20.6. The normalized spacial score (nSPS) is 22.9. The number of carbonyl (C=O) groups excluding carboxylic acids is 1. The SMILES string of the molecule is CC1(C(=O)Nc2ncc(-c3ccc(F)c4ccccc34)[nH]2)CC2(C#N)c3ccccc3C1c1ccccc12. The Bertz CT molecular complexity index is 1770. The van der Waals surface area contributed by atoms with Crippen LogP contribution in [0.2, 0.25) is 0 Å². The number of imidazole rings is 1. The average Bonchev–Trinajstić information content (AvgIpc) is 3.41. The highest BCUT2D eigenvalue weighted by Gasteiger charge is 2.61. The summed E-state index contributed by atoms with van der Waals surface area (Å²) < 4.78 is 14.3. The zero-order valence-electron chi connectivity index (χ0n) is 20.6. The molecule has 0 fully saturated rings. The highest BCUT2D eigenvalue weighted by molar-refractivity contribution is 5.98. The van der Waals surface area contributed by atoms with E-state index in [4.69, 9.17) is 0 Å². The fraction of sp³-hybridized carbons (Fsp3) is 0.156. The number of halogens is 1. The van der Waals surface area contributed by atoms with Crippen molar-refractivity contribution in [2.24, 2.45) is 5.41 Å². The number of fused-ring (bicyclic) bond motifs is 2. The van der Waals surface area contributed by atoms with Crippen LogP contribution in [0, 0.1) is 22.6 Å². The van der Waals surface area contributed by atoms with Gasteiger partial charge in [0.05, 0.1) is 23.4 Å². The zero-order chi connectivity index (χ0) is 26.1. The minimum Gasteiger partial charge on any atom is -0.324 e. The molecule has 1 aromatic heterocycles. The summed E-state index contributed by atoms with van der Waals surface area (Å²) in [6, 6.07) is 29.0. The standard InChI is InChI=1S/C32H23FN4O/c1-31(17-32(18-34)24-12-6-4-10-22(24)28(31)23-11-5-7-13-25(23)32)29(38)37-30-35-16-27(36-30)21-14-15-26(33)20-9-3-2-8-19(20)21/h2-16,28H,17H2,1H3,(H2,35,36,37,38). The van der Waals surface area contributed by atoms with E-state index in [1.165, 1.54) is 6.07 Å². The number of amides is 1. The van der Waals surface area contributed by atoms with Crippen LogP contribution in [-0.2, 0) is 10.2 Å². The third-order valence-electron chi connectivity index (χ3n) is 8.41. The van der Waals surface area contributed by atoms with Crippen LogP contribution in [0.3, 0.4) is 0 Å². The van der Waals surface area contributed by atoms with Crippen LogP contribution in [-0.4, -0.2) is 15.9 Å². The molecule has 1 unspecified atom stereocenters. The predicted octanol–water partition coefficient (Wildman–Crippen LogP) is 6.67. The van der Waals surface area contributed by atoms with E-state index in [0.717, 1.165) is 33.2 Å². The predicted molar refractivity (Wildman–Crippen MR) is 144 cm³/mol. The maximum absolute atomic E-state index is 14.3. The Hall–Kier alpha value is -4.76. The van der Waals surface area contributed by atoms with Gasteiger partial charge in [-0.3, -0.25) is 10.1 Å². The van der Waals surface area contributed by atoms with Crippen LogP contribution in [0.5, 0.6) is 0 Å². The van der Waals surface area contributed by atoms with Crippen LogP contribution in [0.1, 0.15) is 41.5 Å². The molecule has 3 aliphatic carbocycles. The third kappa shape index (κ3) is 2.90. The number of hydrogen-bond acceptors (Lipinski definition) is 3. The molecule has 1 heterocycles. The average molecular weight is 499 g/mol. The highest BCUT2D eigenvalue weighted by Crippen LogP contribution is 2.63. The Labute approximate surface area is 219 Å². The molecular formula is C32H23FN4O. The lowest BCUT2D eigenvalue weighted by atomic mass is 9.47. The molecule has 6 heteroatoms. The number of aromatic amines is 1. The summed E-state index contributed by atoms with van der Waals surface area (Å²) in [7, 11) is 0. The van der Waals surface area contributed by atoms with Gasteiger partial charge >= 0.3 is 0 Å². The van der Waals surface area contributed by atoms with Crippen molar-refractivity contribution in [2.45, 2.75) is 24.7 Å². The maximum Gasteiger partial charge on any atom is 0.233 e. The van der Waals surface area contributed by atoms with Crippen molar-refractivity contribution in [1.29, 1.82) is 5.26 Å². The number of nitriles is 1. The number of hydrogen-bond donors (Lipinski definition) is 2. The van der Waals surface area contributed by atoms with E-state index in [-0.39, 0.29) is 17.6 Å². The number of nitrogens with one attached hydrogen (secondary N) is 2. The minimum atomic E-state index is -0.907. The molecule has 5 aromatic rings. The fourth-order valence-electron chi connectivity index (χ4n) is 6.76. The lowest BCUT2D eigenvalue weighted by molar-refractivity contribution is -0.127. The van der Waals surface area contributed by atoms with Crippen LogP contribution in [0.4, 0.5) is 10.3 Å². The van der Waals surface area contributed by atoms with Gasteiger partial charge in [-0.15, -0.1) is 0 Å². The Morgan fingerprint density at radius 1 is 0.974 bits per heavy atom. The third-order valence-corrected chi connectivity index (χ3v) is 8.41. The van der Waals surface area contributed by atoms with Crippen LogP contribution in [0.15, 0.2) is 91.1 Å². The molecule has 1 atom stereocenters. The first-order chi connectivity index (χ1) is 18.5. The minimum absolute atomic E-state index is 0.194. The van der Waals surface area contributed by atoms with E-state index in [2.05, 4.69) is 21.4 Å². The molecule has 2 bridgehead atoms. The van der Waals surface area contributed by atoms with Gasteiger partial charge in [0.2, 0.25) is 11.9 Å². The van der Waals surface area contributed by atoms with Gasteiger partial charge in [0.1, 0.15) is 11.2 Å². The molecular weight excluding hydrogens is 475 g/mol. The Kier molecular flexibility index (Phi) is 4.65. The molecule has 4 aromatic carbocycles. The van der Waals surface area contributed by atoms with Gasteiger partial charge in [-0.25, -0.2) is 9.37 Å². The van der Waals surface area contributed by atoms with Crippen molar-refractivity contribution in [2.75, 3.05) is 5.32 Å². The summed E-state index contributed by atoms with van der Waals surface area (Å²) in [4.78, 5) is 21.7. The van der Waals surface area contributed by atoms with E-state index < -0.39 is 10.8 Å². The number of rotatable bonds is 3. The molecule has 0 aliphatic heterocycles. The highest BCUT2D eigenvalue weighted by atomic mass is 19.1. The van der Waals surface area contributed by atoms with Gasteiger partial charge in [0, 0.05) is 16.9 Å². The quantitative estimate of drug-likeness (QED) is 0.291. The van der Waals surface area contributed by atoms with Gasteiger partial charge in [-0.2, -0.15) is 5.26 Å². The molecule has 184 valence electrons. The molecule has 0 saturated heterocycles. The number of carbonyl (C=O) groups is 1. The largest absolute Gasteiger partial charge is 0.324 e. The summed E-state index contributed by atoms with van der Waals surface area (Å²) in [5.74, 6) is -0.366. The second-order valence-electron chi connectivity index (χ2n) is 10.5. The Balaban J connectivity index is 1.28. The molecule has 0 radical (unpaired) electrons. The van der Waals surface area contributed by atoms with Gasteiger partial charge in [-0.05, 0) is 53.1 Å². The van der Waals surface area contributed by atoms with Crippen molar-refractivity contribution in [3.63, 3.8) is 0 Å². The van der Waals surface area contributed by atoms with Gasteiger partial charge in [0.25, 0.3) is 0 Å². The smallest absolute Gasteiger partial charge is 0.233 e. The van der Waals surface area contributed by atoms with Crippen molar-refractivity contribution < 1.29 is 9.18 Å². The lowest BCUT2D eigenvalue weighted by Crippen LogP contribution is -2.53. The van der Waals surface area contributed by atoms with Crippen LogP contribution in [0.25, 0.3) is 22.0 Å². The second kappa shape index (κ2) is 7.87. The first-order valence-electron chi connectivity index (χ1n) is 12.6. The monoisotopic (exact) mass is 498 g/mol. The molecule has 5 nitrogen and oxygen atoms in total. The van der Waals surface area contributed by atoms with E-state index in [0.29, 0.717) is 23.4 Å². The van der Waals surface area contributed by atoms with E-state index in [1.807, 2.05) is 67.6 Å². The number of aromatic nitrogens is 2. The molecule has 1 amide bonds. The van der Waals surface area contributed by atoms with E-state index in [9.17, 15) is 14.4 Å². The summed E-state index contributed by atoms with van der Waals surface area (Å²) in [5.41, 5.74) is 3.70. The molecule has 0 saturated carbocycles. The topological polar surface area (TPSA) is 81.6 Å². The first kappa shape index (κ1) is 22.4. The molecule has 38 heavy (non-hydrogen) atoms. The Morgan fingerprint density at radius 3 is 2.29 bits per heavy atom. The fourth-order valence-corrected chi connectivity index (χ4v) is 6.76. The molecule has 8 rings (SSSR count). The number of benzene rings is 4. The molecule has 2 N–H and O–H groups in total. The van der Waals surface area contributed by atoms with Gasteiger partial charge in [-0.1, -0.05) is 72.8 Å². The Morgan fingerprint density at radius 2 is 1.61 bits per heavy atom. The van der Waals surface area contributed by atoms with Crippen LogP contribution < -0.4 is 5.32 Å². The summed E-state index contributed by atoms with van der Waals surface area (Å²) >= 11 is 0. The van der Waals surface area contributed by atoms with E-state index >= 15 is 0 Å². The van der Waals surface area contributed by atoms with Crippen molar-refractivity contribution in [1.82, 2.24) is 9.97 Å². The summed E-state index contributed by atoms with van der Waals surface area (Å²) in [6.07, 6.45) is 2.02. The molecule has 0 spiro atoms. The molecule has 3 aliphatic rings. The second-order valence-corrected chi connectivity index (χ2v) is 10.5. The number of anilines is 1. The van der Waals surface area contributed by atoms with Crippen molar-refractivity contribution in [3.8, 4) is 17.3 Å². The maximum atomic E-state index is 14.3. The lowest BCUT2D eigenvalue weighted by Gasteiger charge is -2.54. The first-order valence-corrected chi connectivity index (χ1v) is 12.6. The number of H-pyrrole nitrogens is 1. The number of nitrogens with zero attached hydrogens (tertiary/aromatic N) is 2. The summed E-state index contributed by atoms with van der Waals surface area (Å²) in [5, 5.41) is 14.9. The van der Waals surface area contributed by atoms with Crippen molar-refractivity contribution in [3.05, 3.63) is 119 Å². The van der Waals surface area contributed by atoms with Gasteiger partial charge in [0.15, 0.2) is 0 Å².